The fraction of sp³-hybridized carbons (Fsp3) is 0.714. The highest BCUT2D eigenvalue weighted by Crippen LogP contribution is 2.30. The Kier molecular flexibility index (Phi) is 4.60. The van der Waals surface area contributed by atoms with E-state index in [2.05, 4.69) is 37.2 Å². The predicted octanol–water partition coefficient (Wildman–Crippen LogP) is 2.67. The van der Waals surface area contributed by atoms with Crippen LogP contribution in [0.3, 0.4) is 0 Å². The summed E-state index contributed by atoms with van der Waals surface area (Å²) in [7, 11) is 2.18. The summed E-state index contributed by atoms with van der Waals surface area (Å²) in [5.41, 5.74) is 1.62. The number of hydrogen-bond donors (Lipinski definition) is 1. The molecule has 0 radical (unpaired) electrons. The zero-order valence-corrected chi connectivity index (χ0v) is 12.1. The van der Waals surface area contributed by atoms with Crippen LogP contribution in [0.25, 0.3) is 0 Å². The fourth-order valence-electron chi connectivity index (χ4n) is 2.41. The van der Waals surface area contributed by atoms with Crippen LogP contribution in [0, 0.1) is 0 Å². The van der Waals surface area contributed by atoms with Gasteiger partial charge in [0, 0.05) is 28.9 Å². The third-order valence-electron chi connectivity index (χ3n) is 3.55. The van der Waals surface area contributed by atoms with Crippen molar-refractivity contribution in [3.63, 3.8) is 0 Å². The van der Waals surface area contributed by atoms with E-state index in [1.165, 1.54) is 24.1 Å². The van der Waals surface area contributed by atoms with Crippen molar-refractivity contribution in [1.29, 1.82) is 0 Å². The number of hydrogen-bond acceptors (Lipinski definition) is 3. The summed E-state index contributed by atoms with van der Waals surface area (Å²) in [6.45, 7) is 7.77. The lowest BCUT2D eigenvalue weighted by molar-refractivity contribution is 0.310. The van der Waals surface area contributed by atoms with Crippen LogP contribution >= 0.6 is 11.3 Å². The van der Waals surface area contributed by atoms with E-state index in [-0.39, 0.29) is 0 Å². The van der Waals surface area contributed by atoms with E-state index in [9.17, 15) is 0 Å². The number of aryl methyl sites for hydroxylation is 2. The Morgan fingerprint density at radius 3 is 3.00 bits per heavy atom. The molecule has 1 aromatic heterocycles. The fourth-order valence-corrected chi connectivity index (χ4v) is 3.63. The van der Waals surface area contributed by atoms with Crippen LogP contribution in [0.5, 0.6) is 0 Å². The zero-order chi connectivity index (χ0) is 12.3. The SMILES string of the molecule is CCN(C)CC(C)NCc1cc2c(s1)CCC2. The van der Waals surface area contributed by atoms with Crippen molar-refractivity contribution in [2.75, 3.05) is 20.1 Å². The van der Waals surface area contributed by atoms with Crippen molar-refractivity contribution in [1.82, 2.24) is 10.2 Å². The Balaban J connectivity index is 1.77. The van der Waals surface area contributed by atoms with Crippen molar-refractivity contribution >= 4 is 11.3 Å². The normalized spacial score (nSPS) is 16.5. The van der Waals surface area contributed by atoms with Crippen molar-refractivity contribution in [2.45, 2.75) is 45.7 Å². The summed E-state index contributed by atoms with van der Waals surface area (Å²) in [5, 5.41) is 3.62. The maximum atomic E-state index is 3.62. The number of nitrogens with one attached hydrogen (secondary N) is 1. The molecule has 2 rings (SSSR count). The second-order valence-electron chi connectivity index (χ2n) is 5.15. The molecule has 1 aliphatic carbocycles. The van der Waals surface area contributed by atoms with Gasteiger partial charge in [-0.05, 0) is 51.4 Å². The Morgan fingerprint density at radius 2 is 2.29 bits per heavy atom. The van der Waals surface area contributed by atoms with E-state index < -0.39 is 0 Å². The van der Waals surface area contributed by atoms with Gasteiger partial charge in [0.1, 0.15) is 0 Å². The molecule has 0 saturated carbocycles. The summed E-state index contributed by atoms with van der Waals surface area (Å²) < 4.78 is 0. The largest absolute Gasteiger partial charge is 0.308 e. The van der Waals surface area contributed by atoms with Crippen molar-refractivity contribution in [3.05, 3.63) is 21.4 Å². The Hall–Kier alpha value is -0.380. The van der Waals surface area contributed by atoms with Gasteiger partial charge in [-0.25, -0.2) is 0 Å². The molecular weight excluding hydrogens is 228 g/mol. The van der Waals surface area contributed by atoms with Gasteiger partial charge in [0.2, 0.25) is 0 Å². The molecule has 17 heavy (non-hydrogen) atoms. The molecule has 0 spiro atoms. The molecule has 1 N–H and O–H groups in total. The molecule has 1 aliphatic rings. The van der Waals surface area contributed by atoms with Crippen LogP contribution in [0.15, 0.2) is 6.07 Å². The minimum Gasteiger partial charge on any atom is -0.308 e. The number of likely N-dealkylation sites (N-methyl/N-ethyl adjacent to an activating group) is 1. The van der Waals surface area contributed by atoms with E-state index >= 15 is 0 Å². The van der Waals surface area contributed by atoms with E-state index in [1.807, 2.05) is 11.3 Å². The van der Waals surface area contributed by atoms with Gasteiger partial charge in [-0.15, -0.1) is 11.3 Å². The first-order chi connectivity index (χ1) is 8.19. The molecule has 0 fully saturated rings. The van der Waals surface area contributed by atoms with Gasteiger partial charge in [-0.3, -0.25) is 0 Å². The average molecular weight is 252 g/mol. The average Bonchev–Trinajstić information content (AvgIpc) is 2.86. The second kappa shape index (κ2) is 5.98. The maximum absolute atomic E-state index is 3.62. The number of thiophene rings is 1. The van der Waals surface area contributed by atoms with Gasteiger partial charge in [0.25, 0.3) is 0 Å². The standard InChI is InChI=1S/C14H24N2S/c1-4-16(3)10-11(2)15-9-13-8-12-6-5-7-14(12)17-13/h8,11,15H,4-7,9-10H2,1-3H3. The minimum atomic E-state index is 0.567. The van der Waals surface area contributed by atoms with E-state index in [1.54, 1.807) is 10.4 Å². The summed E-state index contributed by atoms with van der Waals surface area (Å²) in [4.78, 5) is 5.51. The van der Waals surface area contributed by atoms with E-state index in [0.29, 0.717) is 6.04 Å². The van der Waals surface area contributed by atoms with Crippen molar-refractivity contribution in [2.24, 2.45) is 0 Å². The maximum Gasteiger partial charge on any atom is 0.0302 e. The first-order valence-corrected chi connectivity index (χ1v) is 7.53. The summed E-state index contributed by atoms with van der Waals surface area (Å²) in [6, 6.07) is 2.98. The molecule has 0 aromatic carbocycles. The quantitative estimate of drug-likeness (QED) is 0.837. The van der Waals surface area contributed by atoms with Gasteiger partial charge in [0.15, 0.2) is 0 Å². The molecule has 1 atom stereocenters. The molecule has 3 heteroatoms. The van der Waals surface area contributed by atoms with Gasteiger partial charge in [0.05, 0.1) is 0 Å². The van der Waals surface area contributed by atoms with Crippen LogP contribution in [-0.2, 0) is 19.4 Å². The Labute approximate surface area is 109 Å². The molecule has 1 heterocycles. The lowest BCUT2D eigenvalue weighted by Gasteiger charge is -2.20. The number of nitrogens with zero attached hydrogens (tertiary/aromatic N) is 1. The summed E-state index contributed by atoms with van der Waals surface area (Å²) in [6.07, 6.45) is 3.99. The highest BCUT2D eigenvalue weighted by molar-refractivity contribution is 7.12. The summed E-state index contributed by atoms with van der Waals surface area (Å²) in [5.74, 6) is 0. The zero-order valence-electron chi connectivity index (χ0n) is 11.3. The molecular formula is C14H24N2S. The van der Waals surface area contributed by atoms with Gasteiger partial charge >= 0.3 is 0 Å². The highest BCUT2D eigenvalue weighted by Gasteiger charge is 2.14. The lowest BCUT2D eigenvalue weighted by Crippen LogP contribution is -2.36. The Morgan fingerprint density at radius 1 is 1.47 bits per heavy atom. The Bertz CT molecular complexity index is 338. The molecule has 1 unspecified atom stereocenters. The first kappa shape index (κ1) is 13.1. The molecule has 96 valence electrons. The van der Waals surface area contributed by atoms with Gasteiger partial charge in [-0.1, -0.05) is 6.92 Å². The van der Waals surface area contributed by atoms with Crippen molar-refractivity contribution < 1.29 is 0 Å². The van der Waals surface area contributed by atoms with Crippen LogP contribution in [0.1, 0.15) is 35.6 Å². The minimum absolute atomic E-state index is 0.567. The topological polar surface area (TPSA) is 15.3 Å². The predicted molar refractivity (Wildman–Crippen MR) is 75.8 cm³/mol. The van der Waals surface area contributed by atoms with Gasteiger partial charge in [-0.2, -0.15) is 0 Å². The monoisotopic (exact) mass is 252 g/mol. The molecule has 0 aliphatic heterocycles. The highest BCUT2D eigenvalue weighted by atomic mass is 32.1. The van der Waals surface area contributed by atoms with Crippen LogP contribution in [0.2, 0.25) is 0 Å². The summed E-state index contributed by atoms with van der Waals surface area (Å²) >= 11 is 2.01. The lowest BCUT2D eigenvalue weighted by atomic mass is 10.2. The third-order valence-corrected chi connectivity index (χ3v) is 4.78. The molecule has 0 amide bonds. The smallest absolute Gasteiger partial charge is 0.0302 e. The first-order valence-electron chi connectivity index (χ1n) is 6.71. The van der Waals surface area contributed by atoms with Gasteiger partial charge < -0.3 is 10.2 Å². The van der Waals surface area contributed by atoms with Crippen LogP contribution < -0.4 is 5.32 Å². The molecule has 2 nitrogen and oxygen atoms in total. The molecule has 0 bridgehead atoms. The number of rotatable bonds is 6. The molecule has 1 aromatic rings. The van der Waals surface area contributed by atoms with Crippen LogP contribution in [0.4, 0.5) is 0 Å². The second-order valence-corrected chi connectivity index (χ2v) is 6.37. The van der Waals surface area contributed by atoms with Crippen LogP contribution in [-0.4, -0.2) is 31.1 Å². The number of fused-ring (bicyclic) bond motifs is 1. The third kappa shape index (κ3) is 3.54. The van der Waals surface area contributed by atoms with Crippen molar-refractivity contribution in [3.8, 4) is 0 Å². The van der Waals surface area contributed by atoms with E-state index in [0.717, 1.165) is 19.6 Å². The van der Waals surface area contributed by atoms with E-state index in [4.69, 9.17) is 0 Å². The molecule has 0 saturated heterocycles.